The summed E-state index contributed by atoms with van der Waals surface area (Å²) in [5, 5.41) is 2.15. The number of ether oxygens (including phenoxy) is 1. The lowest BCUT2D eigenvalue weighted by atomic mass is 10.0. The molecule has 4 rings (SSSR count). The van der Waals surface area contributed by atoms with E-state index in [0.717, 1.165) is 19.5 Å². The van der Waals surface area contributed by atoms with Gasteiger partial charge in [0.1, 0.15) is 10.6 Å². The third-order valence-corrected chi connectivity index (χ3v) is 7.76. The number of fused-ring (bicyclic) bond motifs is 1. The Morgan fingerprint density at radius 3 is 2.79 bits per heavy atom. The van der Waals surface area contributed by atoms with Crippen molar-refractivity contribution in [1.29, 1.82) is 0 Å². The lowest BCUT2D eigenvalue weighted by Gasteiger charge is -2.45. The fraction of sp³-hybridized carbons (Fsp3) is 0.412. The molecule has 0 radical (unpaired) electrons. The lowest BCUT2D eigenvalue weighted by molar-refractivity contribution is 0.0774. The van der Waals surface area contributed by atoms with E-state index in [-0.39, 0.29) is 4.90 Å². The first-order valence-electron chi connectivity index (χ1n) is 8.02. The summed E-state index contributed by atoms with van der Waals surface area (Å²) in [6.45, 7) is 3.06. The Labute approximate surface area is 146 Å². The molecule has 0 bridgehead atoms. The van der Waals surface area contributed by atoms with Crippen molar-refractivity contribution in [3.05, 3.63) is 46.2 Å². The van der Waals surface area contributed by atoms with Crippen LogP contribution in [0.15, 0.2) is 40.6 Å². The van der Waals surface area contributed by atoms with Gasteiger partial charge in [-0.05, 0) is 35.6 Å². The summed E-state index contributed by atoms with van der Waals surface area (Å²) in [5.41, 5.74) is 1.40. The maximum absolute atomic E-state index is 12.8. The molecule has 3 heterocycles. The number of methoxy groups -OCH3 is 1. The average molecular weight is 364 g/mol. The Hall–Kier alpha value is -1.41. The van der Waals surface area contributed by atoms with Crippen molar-refractivity contribution in [2.75, 3.05) is 26.7 Å². The van der Waals surface area contributed by atoms with E-state index in [9.17, 15) is 8.42 Å². The number of benzene rings is 1. The van der Waals surface area contributed by atoms with E-state index in [4.69, 9.17) is 4.74 Å². The highest BCUT2D eigenvalue weighted by Crippen LogP contribution is 2.32. The molecule has 1 saturated heterocycles. The molecule has 0 saturated carbocycles. The van der Waals surface area contributed by atoms with Crippen LogP contribution in [0.25, 0.3) is 0 Å². The number of sulfonamides is 1. The quantitative estimate of drug-likeness (QED) is 0.834. The zero-order valence-electron chi connectivity index (χ0n) is 13.5. The van der Waals surface area contributed by atoms with E-state index in [1.54, 1.807) is 28.6 Å². The van der Waals surface area contributed by atoms with Gasteiger partial charge in [-0.15, -0.1) is 11.3 Å². The van der Waals surface area contributed by atoms with Gasteiger partial charge in [0.05, 0.1) is 7.11 Å². The van der Waals surface area contributed by atoms with Crippen molar-refractivity contribution in [3.63, 3.8) is 0 Å². The van der Waals surface area contributed by atoms with Crippen molar-refractivity contribution in [3.8, 4) is 5.75 Å². The van der Waals surface area contributed by atoms with Crippen LogP contribution < -0.4 is 4.74 Å². The van der Waals surface area contributed by atoms with Gasteiger partial charge in [0.15, 0.2) is 0 Å². The van der Waals surface area contributed by atoms with Crippen LogP contribution in [-0.4, -0.2) is 50.4 Å². The van der Waals surface area contributed by atoms with Crippen LogP contribution in [0.4, 0.5) is 0 Å². The smallest absolute Gasteiger partial charge is 0.246 e. The van der Waals surface area contributed by atoms with Crippen LogP contribution >= 0.6 is 11.3 Å². The van der Waals surface area contributed by atoms with Crippen molar-refractivity contribution in [1.82, 2.24) is 9.21 Å². The Morgan fingerprint density at radius 1 is 1.21 bits per heavy atom. The maximum Gasteiger partial charge on any atom is 0.246 e. The molecule has 0 N–H and O–H groups in total. The Morgan fingerprint density at radius 2 is 2.00 bits per heavy atom. The van der Waals surface area contributed by atoms with E-state index in [1.807, 2.05) is 11.3 Å². The highest BCUT2D eigenvalue weighted by molar-refractivity contribution is 7.89. The standard InChI is InChI=1S/C17H20N2O3S2/c1-22-15-4-2-3-5-17(15)24(20,21)19-11-14(12-19)18-8-6-16-13(10-18)7-9-23-16/h2-5,7,9,14H,6,8,10-12H2,1H3. The molecule has 1 aromatic carbocycles. The number of rotatable bonds is 4. The molecule has 0 spiro atoms. The van der Waals surface area contributed by atoms with Crippen molar-refractivity contribution >= 4 is 21.4 Å². The normalized spacial score (nSPS) is 19.7. The van der Waals surface area contributed by atoms with E-state index < -0.39 is 10.0 Å². The number of para-hydroxylation sites is 1. The first-order valence-corrected chi connectivity index (χ1v) is 10.3. The van der Waals surface area contributed by atoms with E-state index in [2.05, 4.69) is 16.3 Å². The lowest BCUT2D eigenvalue weighted by Crippen LogP contribution is -2.61. The third kappa shape index (κ3) is 2.65. The van der Waals surface area contributed by atoms with E-state index >= 15 is 0 Å². The van der Waals surface area contributed by atoms with Crippen LogP contribution in [0.2, 0.25) is 0 Å². The molecular weight excluding hydrogens is 344 g/mol. The Bertz CT molecular complexity index is 841. The largest absolute Gasteiger partial charge is 0.495 e. The number of thiophene rings is 1. The SMILES string of the molecule is COc1ccccc1S(=O)(=O)N1CC(N2CCc3sccc3C2)C1. The molecule has 1 fully saturated rings. The molecule has 128 valence electrons. The fourth-order valence-electron chi connectivity index (χ4n) is 3.40. The number of hydrogen-bond acceptors (Lipinski definition) is 5. The summed E-state index contributed by atoms with van der Waals surface area (Å²) >= 11 is 1.82. The van der Waals surface area contributed by atoms with Crippen LogP contribution in [0.3, 0.4) is 0 Å². The monoisotopic (exact) mass is 364 g/mol. The predicted octanol–water partition coefficient (Wildman–Crippen LogP) is 2.19. The van der Waals surface area contributed by atoms with Crippen molar-refractivity contribution < 1.29 is 13.2 Å². The molecule has 0 atom stereocenters. The average Bonchev–Trinajstić information content (AvgIpc) is 3.01. The summed E-state index contributed by atoms with van der Waals surface area (Å²) in [6, 6.07) is 9.31. The Balaban J connectivity index is 1.46. The summed E-state index contributed by atoms with van der Waals surface area (Å²) < 4.78 is 32.4. The minimum atomic E-state index is -3.48. The molecule has 0 aliphatic carbocycles. The summed E-state index contributed by atoms with van der Waals surface area (Å²) in [6.07, 6.45) is 1.07. The van der Waals surface area contributed by atoms with Gasteiger partial charge in [0, 0.05) is 37.1 Å². The zero-order valence-corrected chi connectivity index (χ0v) is 15.1. The van der Waals surface area contributed by atoms with Gasteiger partial charge in [-0.25, -0.2) is 8.42 Å². The van der Waals surface area contributed by atoms with Gasteiger partial charge in [-0.1, -0.05) is 12.1 Å². The molecule has 7 heteroatoms. The molecule has 0 unspecified atom stereocenters. The summed E-state index contributed by atoms with van der Waals surface area (Å²) in [4.78, 5) is 4.14. The molecular formula is C17H20N2O3S2. The third-order valence-electron chi connectivity index (χ3n) is 4.87. The molecule has 1 aromatic heterocycles. The highest BCUT2D eigenvalue weighted by atomic mass is 32.2. The van der Waals surface area contributed by atoms with Crippen molar-refractivity contribution in [2.45, 2.75) is 23.9 Å². The van der Waals surface area contributed by atoms with Gasteiger partial charge < -0.3 is 4.74 Å². The zero-order chi connectivity index (χ0) is 16.7. The molecule has 24 heavy (non-hydrogen) atoms. The topological polar surface area (TPSA) is 49.9 Å². The summed E-state index contributed by atoms with van der Waals surface area (Å²) in [7, 11) is -1.98. The maximum atomic E-state index is 12.8. The predicted molar refractivity (Wildman–Crippen MR) is 94.0 cm³/mol. The number of nitrogens with zero attached hydrogens (tertiary/aromatic N) is 2. The molecule has 2 aliphatic heterocycles. The van der Waals surface area contributed by atoms with Gasteiger partial charge in [-0.2, -0.15) is 4.31 Å². The van der Waals surface area contributed by atoms with Crippen LogP contribution in [0, 0.1) is 0 Å². The second-order valence-electron chi connectivity index (χ2n) is 6.22. The second-order valence-corrected chi connectivity index (χ2v) is 9.12. The van der Waals surface area contributed by atoms with Gasteiger partial charge in [-0.3, -0.25) is 4.90 Å². The highest BCUT2D eigenvalue weighted by Gasteiger charge is 2.41. The molecule has 5 nitrogen and oxygen atoms in total. The van der Waals surface area contributed by atoms with Gasteiger partial charge in [0.25, 0.3) is 0 Å². The first kappa shape index (κ1) is 16.1. The van der Waals surface area contributed by atoms with Crippen LogP contribution in [-0.2, 0) is 23.0 Å². The second kappa shape index (κ2) is 6.15. The van der Waals surface area contributed by atoms with Crippen LogP contribution in [0.5, 0.6) is 5.75 Å². The number of hydrogen-bond donors (Lipinski definition) is 0. The van der Waals surface area contributed by atoms with Crippen LogP contribution in [0.1, 0.15) is 10.4 Å². The minimum Gasteiger partial charge on any atom is -0.495 e. The molecule has 2 aromatic rings. The van der Waals surface area contributed by atoms with Gasteiger partial charge in [0.2, 0.25) is 10.0 Å². The molecule has 0 amide bonds. The van der Waals surface area contributed by atoms with Crippen molar-refractivity contribution in [2.24, 2.45) is 0 Å². The van der Waals surface area contributed by atoms with E-state index in [1.165, 1.54) is 17.6 Å². The fourth-order valence-corrected chi connectivity index (χ4v) is 5.96. The first-order chi connectivity index (χ1) is 11.6. The Kier molecular flexibility index (Phi) is 4.12. The van der Waals surface area contributed by atoms with Gasteiger partial charge >= 0.3 is 0 Å². The van der Waals surface area contributed by atoms with E-state index in [0.29, 0.717) is 24.9 Å². The minimum absolute atomic E-state index is 0.254. The summed E-state index contributed by atoms with van der Waals surface area (Å²) in [5.74, 6) is 0.404. The molecule has 2 aliphatic rings.